The van der Waals surface area contributed by atoms with Crippen LogP contribution in [-0.4, -0.2) is 14.5 Å². The summed E-state index contributed by atoms with van der Waals surface area (Å²) in [5.41, 5.74) is 9.12. The van der Waals surface area contributed by atoms with Crippen molar-refractivity contribution in [3.8, 4) is 10.7 Å². The van der Waals surface area contributed by atoms with E-state index in [9.17, 15) is 0 Å². The van der Waals surface area contributed by atoms with Crippen LogP contribution in [0.3, 0.4) is 0 Å². The van der Waals surface area contributed by atoms with Crippen molar-refractivity contribution in [1.82, 2.24) is 14.5 Å². The number of thiazole rings is 1. The van der Waals surface area contributed by atoms with Crippen LogP contribution in [0.5, 0.6) is 0 Å². The molecule has 2 heterocycles. The third kappa shape index (κ3) is 1.85. The van der Waals surface area contributed by atoms with Gasteiger partial charge in [0.25, 0.3) is 0 Å². The first-order chi connectivity index (χ1) is 9.76. The second-order valence-electron chi connectivity index (χ2n) is 5.31. The predicted octanol–water partition coefficient (Wildman–Crippen LogP) is 3.26. The van der Waals surface area contributed by atoms with Crippen molar-refractivity contribution >= 4 is 22.4 Å². The normalized spacial score (nSPS) is 15.1. The predicted molar refractivity (Wildman–Crippen MR) is 81.7 cm³/mol. The molecular formula is C15H16N4S. The van der Waals surface area contributed by atoms with Gasteiger partial charge in [-0.2, -0.15) is 0 Å². The summed E-state index contributed by atoms with van der Waals surface area (Å²) in [7, 11) is 0. The molecule has 4 rings (SSSR count). The van der Waals surface area contributed by atoms with Gasteiger partial charge in [-0.1, -0.05) is 6.07 Å². The largest absolute Gasteiger partial charge is 0.326 e. The van der Waals surface area contributed by atoms with Crippen molar-refractivity contribution in [2.45, 2.75) is 32.4 Å². The van der Waals surface area contributed by atoms with Crippen molar-refractivity contribution in [2.24, 2.45) is 5.73 Å². The monoisotopic (exact) mass is 284 g/mol. The van der Waals surface area contributed by atoms with Crippen molar-refractivity contribution in [3.05, 3.63) is 35.0 Å². The Morgan fingerprint density at radius 2 is 2.25 bits per heavy atom. The summed E-state index contributed by atoms with van der Waals surface area (Å²) in [5, 5.41) is 1.08. The average molecular weight is 284 g/mol. The maximum absolute atomic E-state index is 5.73. The highest BCUT2D eigenvalue weighted by molar-refractivity contribution is 7.15. The number of hydrogen-bond acceptors (Lipinski definition) is 4. The lowest BCUT2D eigenvalue weighted by molar-refractivity contribution is 0.776. The molecule has 1 aliphatic rings. The first kappa shape index (κ1) is 12.1. The summed E-state index contributed by atoms with van der Waals surface area (Å²) in [6.07, 6.45) is 4.42. The van der Waals surface area contributed by atoms with Crippen LogP contribution in [0.2, 0.25) is 0 Å². The van der Waals surface area contributed by atoms with E-state index in [0.29, 0.717) is 12.6 Å². The van der Waals surface area contributed by atoms with E-state index in [1.54, 1.807) is 11.3 Å². The molecule has 20 heavy (non-hydrogen) atoms. The highest BCUT2D eigenvalue weighted by Crippen LogP contribution is 2.42. The molecule has 0 amide bonds. The summed E-state index contributed by atoms with van der Waals surface area (Å²) in [5.74, 6) is 1.06. The molecule has 1 aromatic carbocycles. The smallest absolute Gasteiger partial charge is 0.153 e. The molecule has 1 aliphatic carbocycles. The molecule has 0 radical (unpaired) electrons. The number of nitrogens with two attached hydrogens (primary N) is 1. The zero-order chi connectivity index (χ0) is 13.7. The van der Waals surface area contributed by atoms with Gasteiger partial charge in [-0.15, -0.1) is 11.3 Å². The van der Waals surface area contributed by atoms with Gasteiger partial charge in [0.2, 0.25) is 0 Å². The molecule has 0 bridgehead atoms. The molecule has 5 heteroatoms. The molecule has 0 spiro atoms. The Morgan fingerprint density at radius 3 is 2.90 bits per heavy atom. The molecule has 3 aromatic rings. The lowest BCUT2D eigenvalue weighted by Crippen LogP contribution is -1.97. The topological polar surface area (TPSA) is 56.7 Å². The fourth-order valence-corrected chi connectivity index (χ4v) is 3.38. The summed E-state index contributed by atoms with van der Waals surface area (Å²) in [4.78, 5) is 10.4. The van der Waals surface area contributed by atoms with Crippen LogP contribution in [0.15, 0.2) is 24.4 Å². The molecule has 0 atom stereocenters. The highest BCUT2D eigenvalue weighted by atomic mass is 32.1. The Labute approximate surface area is 121 Å². The first-order valence-corrected chi connectivity index (χ1v) is 7.71. The zero-order valence-electron chi connectivity index (χ0n) is 11.3. The van der Waals surface area contributed by atoms with E-state index >= 15 is 0 Å². The lowest BCUT2D eigenvalue weighted by Gasteiger charge is -2.05. The number of aryl methyl sites for hydroxylation is 1. The number of rotatable bonds is 3. The Kier molecular flexibility index (Phi) is 2.65. The minimum Gasteiger partial charge on any atom is -0.326 e. The van der Waals surface area contributed by atoms with Crippen LogP contribution in [-0.2, 0) is 6.54 Å². The Morgan fingerprint density at radius 1 is 1.40 bits per heavy atom. The van der Waals surface area contributed by atoms with E-state index in [-0.39, 0.29) is 0 Å². The third-order valence-corrected chi connectivity index (χ3v) is 4.65. The molecular weight excluding hydrogens is 268 g/mol. The fraction of sp³-hybridized carbons (Fsp3) is 0.333. The van der Waals surface area contributed by atoms with E-state index in [1.165, 1.54) is 18.4 Å². The van der Waals surface area contributed by atoms with Gasteiger partial charge in [0.15, 0.2) is 5.82 Å². The SMILES string of the molecule is Cc1ncc(-c2nc3cc(CN)ccc3n2C2CC2)s1. The van der Waals surface area contributed by atoms with Crippen molar-refractivity contribution in [3.63, 3.8) is 0 Å². The van der Waals surface area contributed by atoms with E-state index in [1.807, 2.05) is 13.1 Å². The quantitative estimate of drug-likeness (QED) is 0.803. The summed E-state index contributed by atoms with van der Waals surface area (Å²) in [6.45, 7) is 2.59. The van der Waals surface area contributed by atoms with E-state index in [2.05, 4.69) is 27.8 Å². The number of nitrogens with zero attached hydrogens (tertiary/aromatic N) is 3. The minimum atomic E-state index is 0.557. The number of imidazole rings is 1. The van der Waals surface area contributed by atoms with E-state index in [0.717, 1.165) is 26.8 Å². The maximum atomic E-state index is 5.73. The standard InChI is InChI=1S/C15H16N4S/c1-9-17-8-14(20-9)15-18-12-6-10(7-16)2-5-13(12)19(15)11-3-4-11/h2,5-6,8,11H,3-4,7,16H2,1H3. The number of aromatic nitrogens is 3. The summed E-state index contributed by atoms with van der Waals surface area (Å²) in [6, 6.07) is 6.96. The van der Waals surface area contributed by atoms with Crippen molar-refractivity contribution < 1.29 is 0 Å². The van der Waals surface area contributed by atoms with Crippen LogP contribution in [0.4, 0.5) is 0 Å². The summed E-state index contributed by atoms with van der Waals surface area (Å²) < 4.78 is 2.38. The van der Waals surface area contributed by atoms with Crippen molar-refractivity contribution in [1.29, 1.82) is 0 Å². The minimum absolute atomic E-state index is 0.557. The van der Waals surface area contributed by atoms with Crippen LogP contribution >= 0.6 is 11.3 Å². The van der Waals surface area contributed by atoms with Gasteiger partial charge in [0.1, 0.15) is 0 Å². The summed E-state index contributed by atoms with van der Waals surface area (Å²) >= 11 is 1.71. The second kappa shape index (κ2) is 4.40. The Hall–Kier alpha value is -1.72. The van der Waals surface area contributed by atoms with Gasteiger partial charge >= 0.3 is 0 Å². The maximum Gasteiger partial charge on any atom is 0.153 e. The number of benzene rings is 1. The van der Waals surface area contributed by atoms with Gasteiger partial charge < -0.3 is 10.3 Å². The first-order valence-electron chi connectivity index (χ1n) is 6.90. The van der Waals surface area contributed by atoms with Gasteiger partial charge in [0.05, 0.1) is 20.9 Å². The number of hydrogen-bond donors (Lipinski definition) is 1. The lowest BCUT2D eigenvalue weighted by atomic mass is 10.2. The molecule has 1 fully saturated rings. The van der Waals surface area contributed by atoms with Crippen LogP contribution < -0.4 is 5.73 Å². The Balaban J connectivity index is 1.96. The average Bonchev–Trinajstić information content (AvgIpc) is 3.09. The van der Waals surface area contributed by atoms with Crippen molar-refractivity contribution in [2.75, 3.05) is 0 Å². The van der Waals surface area contributed by atoms with E-state index < -0.39 is 0 Å². The molecule has 0 saturated heterocycles. The molecule has 4 nitrogen and oxygen atoms in total. The highest BCUT2D eigenvalue weighted by Gasteiger charge is 2.29. The molecule has 1 saturated carbocycles. The van der Waals surface area contributed by atoms with Crippen LogP contribution in [0.25, 0.3) is 21.7 Å². The fourth-order valence-electron chi connectivity index (χ4n) is 2.61. The third-order valence-electron chi connectivity index (χ3n) is 3.74. The molecule has 2 aromatic heterocycles. The molecule has 102 valence electrons. The van der Waals surface area contributed by atoms with Gasteiger partial charge in [-0.25, -0.2) is 9.97 Å². The van der Waals surface area contributed by atoms with Gasteiger partial charge in [-0.3, -0.25) is 0 Å². The second-order valence-corrected chi connectivity index (χ2v) is 6.54. The van der Waals surface area contributed by atoms with Gasteiger partial charge in [-0.05, 0) is 37.5 Å². The van der Waals surface area contributed by atoms with E-state index in [4.69, 9.17) is 10.7 Å². The van der Waals surface area contributed by atoms with Gasteiger partial charge in [0, 0.05) is 18.8 Å². The molecule has 0 unspecified atom stereocenters. The molecule has 2 N–H and O–H groups in total. The van der Waals surface area contributed by atoms with Crippen LogP contribution in [0, 0.1) is 6.92 Å². The number of fused-ring (bicyclic) bond motifs is 1. The zero-order valence-corrected chi connectivity index (χ0v) is 12.2. The van der Waals surface area contributed by atoms with Crippen LogP contribution in [0.1, 0.15) is 29.5 Å². The molecule has 0 aliphatic heterocycles. The Bertz CT molecular complexity index is 782.